The molecule has 0 bridgehead atoms. The van der Waals surface area contributed by atoms with Crippen LogP contribution < -0.4 is 9.80 Å². The van der Waals surface area contributed by atoms with Gasteiger partial charge in [0.15, 0.2) is 5.58 Å². The van der Waals surface area contributed by atoms with Crippen molar-refractivity contribution in [2.24, 2.45) is 0 Å². The summed E-state index contributed by atoms with van der Waals surface area (Å²) in [6.45, 7) is 4.41. The minimum atomic E-state index is -0.661. The van der Waals surface area contributed by atoms with Crippen LogP contribution in [0.15, 0.2) is 211 Å². The second-order valence-electron chi connectivity index (χ2n) is 16.9. The zero-order valence-corrected chi connectivity index (χ0v) is 34.4. The Balaban J connectivity index is 1.22. The van der Waals surface area contributed by atoms with Crippen LogP contribution in [0.2, 0.25) is 0 Å². The van der Waals surface area contributed by atoms with Gasteiger partial charge in [-0.25, -0.2) is 0 Å². The van der Waals surface area contributed by atoms with Crippen LogP contribution >= 0.6 is 0 Å². The van der Waals surface area contributed by atoms with Crippen molar-refractivity contribution in [3.63, 3.8) is 0 Å². The Morgan fingerprint density at radius 3 is 1.82 bits per heavy atom. The largest absolute Gasteiger partial charge is 0.454 e. The van der Waals surface area contributed by atoms with Crippen molar-refractivity contribution in [1.29, 1.82) is 0 Å². The molecule has 1 aromatic heterocycles. The molecule has 292 valence electrons. The zero-order valence-electron chi connectivity index (χ0n) is 34.4. The number of hydrogen-bond acceptors (Lipinski definition) is 3. The molecule has 13 rings (SSSR count). The number of hydrogen-bond donors (Lipinski definition) is 0. The van der Waals surface area contributed by atoms with Crippen LogP contribution in [-0.4, -0.2) is 0 Å². The van der Waals surface area contributed by atoms with Gasteiger partial charge in [0.05, 0.1) is 28.2 Å². The van der Waals surface area contributed by atoms with Crippen molar-refractivity contribution >= 4 is 77.6 Å². The van der Waals surface area contributed by atoms with E-state index >= 15 is 0 Å². The average Bonchev–Trinajstić information content (AvgIpc) is 3.85. The fourth-order valence-corrected chi connectivity index (χ4v) is 11.1. The summed E-state index contributed by atoms with van der Waals surface area (Å²) in [6, 6.07) is 76.1. The molecule has 0 amide bonds. The average molecular weight is 793 g/mol. The molecule has 0 saturated heterocycles. The maximum Gasteiger partial charge on any atom is 0.159 e. The molecule has 10 aromatic carbocycles. The molecule has 0 unspecified atom stereocenters. The quantitative estimate of drug-likeness (QED) is 0.177. The van der Waals surface area contributed by atoms with Crippen LogP contribution in [0.4, 0.5) is 34.1 Å². The maximum atomic E-state index is 6.88. The standard InChI is InChI=1S/C59H40N2O/c1-37-31-34-50(38(2)35-37)61(53-29-16-24-45-43-22-10-15-30-55(43)62-58(45)53)54-36-49-57(44-23-9-8-21-42(44)54)56-41-20-7-6-17-39(41)32-33-48(56)59(49)46-25-11-13-27-51(46)60(40-18-4-3-5-19-40)52-28-14-12-26-47(52)59/h3-36H,1-2H3. The molecule has 1 spiro atoms. The van der Waals surface area contributed by atoms with E-state index in [4.69, 9.17) is 4.42 Å². The Morgan fingerprint density at radius 2 is 1.05 bits per heavy atom. The lowest BCUT2D eigenvalue weighted by Gasteiger charge is -2.45. The molecule has 0 radical (unpaired) electrons. The molecular formula is C59H40N2O. The van der Waals surface area contributed by atoms with E-state index in [-0.39, 0.29) is 0 Å². The number of nitrogens with zero attached hydrogens (tertiary/aromatic N) is 2. The van der Waals surface area contributed by atoms with E-state index in [0.717, 1.165) is 44.7 Å². The number of rotatable bonds is 4. The summed E-state index contributed by atoms with van der Waals surface area (Å²) in [6.07, 6.45) is 0. The van der Waals surface area contributed by atoms with Crippen LogP contribution in [0.5, 0.6) is 0 Å². The minimum Gasteiger partial charge on any atom is -0.454 e. The van der Waals surface area contributed by atoms with Crippen molar-refractivity contribution in [3.8, 4) is 11.1 Å². The lowest BCUT2D eigenvalue weighted by Crippen LogP contribution is -2.36. The Hall–Kier alpha value is -7.88. The van der Waals surface area contributed by atoms with Crippen molar-refractivity contribution in [2.45, 2.75) is 19.3 Å². The molecule has 2 heterocycles. The van der Waals surface area contributed by atoms with Gasteiger partial charge in [-0.2, -0.15) is 0 Å². The predicted octanol–water partition coefficient (Wildman–Crippen LogP) is 16.1. The molecule has 1 aliphatic carbocycles. The van der Waals surface area contributed by atoms with Gasteiger partial charge >= 0.3 is 0 Å². The monoisotopic (exact) mass is 792 g/mol. The second-order valence-corrected chi connectivity index (χ2v) is 16.9. The van der Waals surface area contributed by atoms with E-state index in [9.17, 15) is 0 Å². The van der Waals surface area contributed by atoms with Crippen LogP contribution in [0.1, 0.15) is 33.4 Å². The molecular weight excluding hydrogens is 753 g/mol. The Labute approximate surface area is 360 Å². The molecule has 2 aliphatic rings. The lowest BCUT2D eigenvalue weighted by atomic mass is 9.64. The Morgan fingerprint density at radius 1 is 0.419 bits per heavy atom. The van der Waals surface area contributed by atoms with Crippen molar-refractivity contribution < 1.29 is 4.42 Å². The summed E-state index contributed by atoms with van der Waals surface area (Å²) in [5.74, 6) is 0. The van der Waals surface area contributed by atoms with Gasteiger partial charge in [-0.3, -0.25) is 0 Å². The van der Waals surface area contributed by atoms with E-state index in [2.05, 4.69) is 230 Å². The van der Waals surface area contributed by atoms with Gasteiger partial charge in [-0.1, -0.05) is 163 Å². The van der Waals surface area contributed by atoms with Crippen LogP contribution in [0, 0.1) is 13.8 Å². The first-order valence-electron chi connectivity index (χ1n) is 21.5. The SMILES string of the molecule is Cc1ccc(N(c2cc3c(c4ccccc24)-c2c(ccc4ccccc24)C32c3ccccc3N(c3ccccc3)c3ccccc32)c2cccc3c2oc2ccccc23)c(C)c1. The minimum absolute atomic E-state index is 0.661. The van der Waals surface area contributed by atoms with Gasteiger partial charge < -0.3 is 14.2 Å². The van der Waals surface area contributed by atoms with Crippen LogP contribution in [0.3, 0.4) is 0 Å². The summed E-state index contributed by atoms with van der Waals surface area (Å²) in [7, 11) is 0. The zero-order chi connectivity index (χ0) is 41.1. The van der Waals surface area contributed by atoms with E-state index in [1.54, 1.807) is 0 Å². The van der Waals surface area contributed by atoms with E-state index in [0.29, 0.717) is 0 Å². The number of furan rings is 1. The van der Waals surface area contributed by atoms with Gasteiger partial charge in [0.1, 0.15) is 5.58 Å². The number of benzene rings is 10. The normalized spacial score (nSPS) is 13.4. The molecule has 1 aliphatic heterocycles. The maximum absolute atomic E-state index is 6.88. The third-order valence-corrected chi connectivity index (χ3v) is 13.6. The molecule has 62 heavy (non-hydrogen) atoms. The highest BCUT2D eigenvalue weighted by atomic mass is 16.3. The molecule has 11 aromatic rings. The lowest BCUT2D eigenvalue weighted by molar-refractivity contribution is 0.669. The van der Waals surface area contributed by atoms with Gasteiger partial charge in [0.25, 0.3) is 0 Å². The fourth-order valence-electron chi connectivity index (χ4n) is 11.1. The van der Waals surface area contributed by atoms with Gasteiger partial charge in [0.2, 0.25) is 0 Å². The first kappa shape index (κ1) is 34.9. The summed E-state index contributed by atoms with van der Waals surface area (Å²) in [5, 5.41) is 7.12. The van der Waals surface area contributed by atoms with E-state index in [1.807, 2.05) is 0 Å². The Kier molecular flexibility index (Phi) is 7.36. The molecule has 0 fully saturated rings. The highest BCUT2D eigenvalue weighted by Gasteiger charge is 2.53. The van der Waals surface area contributed by atoms with Gasteiger partial charge in [-0.15, -0.1) is 0 Å². The van der Waals surface area contributed by atoms with E-state index in [1.165, 1.54) is 77.4 Å². The topological polar surface area (TPSA) is 19.6 Å². The molecule has 0 atom stereocenters. The number of fused-ring (bicyclic) bond motifs is 16. The first-order valence-corrected chi connectivity index (χ1v) is 21.5. The van der Waals surface area contributed by atoms with Crippen molar-refractivity contribution in [3.05, 3.63) is 240 Å². The summed E-state index contributed by atoms with van der Waals surface area (Å²) < 4.78 is 6.88. The molecule has 3 nitrogen and oxygen atoms in total. The highest BCUT2D eigenvalue weighted by Crippen LogP contribution is 2.66. The van der Waals surface area contributed by atoms with Gasteiger partial charge in [0, 0.05) is 27.5 Å². The highest BCUT2D eigenvalue weighted by molar-refractivity contribution is 6.18. The van der Waals surface area contributed by atoms with Crippen molar-refractivity contribution in [2.75, 3.05) is 9.80 Å². The predicted molar refractivity (Wildman–Crippen MR) is 258 cm³/mol. The first-order chi connectivity index (χ1) is 30.6. The Bertz CT molecular complexity index is 3590. The second kappa shape index (κ2) is 13.1. The number of anilines is 6. The van der Waals surface area contributed by atoms with Crippen LogP contribution in [0.25, 0.3) is 54.6 Å². The number of para-hydroxylation sites is 5. The third-order valence-electron chi connectivity index (χ3n) is 13.6. The third kappa shape index (κ3) is 4.65. The molecule has 0 saturated carbocycles. The summed E-state index contributed by atoms with van der Waals surface area (Å²) in [4.78, 5) is 4.94. The molecule has 3 heteroatoms. The molecule has 0 N–H and O–H groups in total. The number of aryl methyl sites for hydroxylation is 2. The summed E-state index contributed by atoms with van der Waals surface area (Å²) >= 11 is 0. The van der Waals surface area contributed by atoms with Crippen LogP contribution in [-0.2, 0) is 5.41 Å². The summed E-state index contributed by atoms with van der Waals surface area (Å²) in [5.41, 5.74) is 17.9. The van der Waals surface area contributed by atoms with Crippen molar-refractivity contribution in [1.82, 2.24) is 0 Å². The van der Waals surface area contributed by atoms with Gasteiger partial charge in [-0.05, 0) is 117 Å². The smallest absolute Gasteiger partial charge is 0.159 e. The van der Waals surface area contributed by atoms with E-state index < -0.39 is 5.41 Å². The fraction of sp³-hybridized carbons (Fsp3) is 0.0508.